The molecule has 2 N–H and O–H groups in total. The molecule has 1 aliphatic rings. The zero-order chi connectivity index (χ0) is 17.1. The highest BCUT2D eigenvalue weighted by Gasteiger charge is 2.29. The molecule has 0 spiro atoms. The Morgan fingerprint density at radius 2 is 1.83 bits per heavy atom. The first-order valence-electron chi connectivity index (χ1n) is 7.43. The van der Waals surface area contributed by atoms with Gasteiger partial charge in [-0.05, 0) is 49.2 Å². The third-order valence-corrected chi connectivity index (χ3v) is 3.70. The molecule has 0 aromatic heterocycles. The molecule has 1 saturated carbocycles. The van der Waals surface area contributed by atoms with Gasteiger partial charge in [0.25, 0.3) is 5.69 Å². The largest absolute Gasteiger partial charge is 0.350 e. The number of amides is 1. The van der Waals surface area contributed by atoms with Gasteiger partial charge in [0, 0.05) is 23.4 Å². The first kappa shape index (κ1) is 15.5. The minimum Gasteiger partial charge on any atom is -0.350 e. The minimum atomic E-state index is -0.534. The van der Waals surface area contributed by atoms with Gasteiger partial charge < -0.3 is 10.6 Å². The van der Waals surface area contributed by atoms with E-state index in [2.05, 4.69) is 10.6 Å². The molecule has 2 aromatic carbocycles. The first-order chi connectivity index (χ1) is 11.6. The molecule has 1 amide bonds. The van der Waals surface area contributed by atoms with E-state index < -0.39 is 4.92 Å². The number of carbonyl (C=O) groups excluding carboxylic acids is 1. The smallest absolute Gasteiger partial charge is 0.293 e. The molecule has 7 nitrogen and oxygen atoms in total. The van der Waals surface area contributed by atoms with Crippen LogP contribution in [0.3, 0.4) is 0 Å². The fraction of sp³-hybridized carbons (Fsp3) is 0.176. The summed E-state index contributed by atoms with van der Waals surface area (Å²) in [6, 6.07) is 13.0. The maximum Gasteiger partial charge on any atom is 0.293 e. The molecular weight excluding hydrogens is 308 g/mol. The van der Waals surface area contributed by atoms with Crippen LogP contribution in [0.1, 0.15) is 18.4 Å². The van der Waals surface area contributed by atoms with Gasteiger partial charge in [-0.15, -0.1) is 0 Å². The van der Waals surface area contributed by atoms with Gasteiger partial charge in [-0.2, -0.15) is 5.26 Å². The van der Waals surface area contributed by atoms with Gasteiger partial charge in [-0.1, -0.05) is 0 Å². The highest BCUT2D eigenvalue weighted by atomic mass is 16.6. The van der Waals surface area contributed by atoms with Gasteiger partial charge in [0.2, 0.25) is 5.91 Å². The summed E-state index contributed by atoms with van der Waals surface area (Å²) in [6.45, 7) is 0. The first-order valence-corrected chi connectivity index (χ1v) is 7.43. The lowest BCUT2D eigenvalue weighted by atomic mass is 10.1. The zero-order valence-corrected chi connectivity index (χ0v) is 12.7. The molecule has 1 fully saturated rings. The number of nitro groups is 1. The Hall–Kier alpha value is -3.40. The van der Waals surface area contributed by atoms with Crippen molar-refractivity contribution in [3.8, 4) is 6.07 Å². The average molecular weight is 322 g/mol. The van der Waals surface area contributed by atoms with Crippen LogP contribution in [-0.2, 0) is 4.79 Å². The molecule has 0 saturated heterocycles. The number of benzene rings is 2. The van der Waals surface area contributed by atoms with Crippen molar-refractivity contribution in [2.45, 2.75) is 12.8 Å². The molecule has 2 aromatic rings. The van der Waals surface area contributed by atoms with Crippen molar-refractivity contribution in [2.24, 2.45) is 5.92 Å². The van der Waals surface area contributed by atoms with E-state index >= 15 is 0 Å². The second kappa shape index (κ2) is 6.38. The molecule has 0 unspecified atom stereocenters. The Morgan fingerprint density at radius 3 is 2.42 bits per heavy atom. The number of rotatable bonds is 5. The monoisotopic (exact) mass is 322 g/mol. The van der Waals surface area contributed by atoms with E-state index in [-0.39, 0.29) is 23.1 Å². The summed E-state index contributed by atoms with van der Waals surface area (Å²) >= 11 is 0. The highest BCUT2D eigenvalue weighted by Crippen LogP contribution is 2.31. The van der Waals surface area contributed by atoms with E-state index in [1.807, 2.05) is 6.07 Å². The minimum absolute atomic E-state index is 0.0263. The Labute approximate surface area is 138 Å². The van der Waals surface area contributed by atoms with Crippen molar-refractivity contribution in [1.82, 2.24) is 0 Å². The fourth-order valence-corrected chi connectivity index (χ4v) is 2.24. The van der Waals surface area contributed by atoms with Crippen LogP contribution in [0.15, 0.2) is 42.5 Å². The van der Waals surface area contributed by atoms with Gasteiger partial charge in [0.15, 0.2) is 0 Å². The summed E-state index contributed by atoms with van der Waals surface area (Å²) in [5.41, 5.74) is 1.69. The van der Waals surface area contributed by atoms with Crippen molar-refractivity contribution in [3.63, 3.8) is 0 Å². The molecule has 0 bridgehead atoms. The average Bonchev–Trinajstić information content (AvgIpc) is 3.42. The van der Waals surface area contributed by atoms with Gasteiger partial charge >= 0.3 is 0 Å². The van der Waals surface area contributed by atoms with Crippen LogP contribution < -0.4 is 10.6 Å². The van der Waals surface area contributed by atoms with E-state index in [1.165, 1.54) is 18.2 Å². The second-order valence-electron chi connectivity index (χ2n) is 5.57. The van der Waals surface area contributed by atoms with Crippen LogP contribution in [0, 0.1) is 27.4 Å². The lowest BCUT2D eigenvalue weighted by molar-refractivity contribution is -0.383. The van der Waals surface area contributed by atoms with Crippen LogP contribution >= 0.6 is 0 Å². The zero-order valence-electron chi connectivity index (χ0n) is 12.7. The van der Waals surface area contributed by atoms with Gasteiger partial charge in [-0.25, -0.2) is 0 Å². The topological polar surface area (TPSA) is 108 Å². The number of nitriles is 1. The standard InChI is InChI=1S/C17H14N4O3/c18-10-11-1-8-15(16(9-11)21(23)24)19-13-4-6-14(7-5-13)20-17(22)12-2-3-12/h1,4-9,12,19H,2-3H2,(H,20,22). The summed E-state index contributed by atoms with van der Waals surface area (Å²) in [5.74, 6) is 0.155. The van der Waals surface area contributed by atoms with Crippen molar-refractivity contribution < 1.29 is 9.72 Å². The maximum atomic E-state index is 11.7. The number of nitrogens with zero attached hydrogens (tertiary/aromatic N) is 2. The molecule has 0 radical (unpaired) electrons. The van der Waals surface area contributed by atoms with Crippen LogP contribution in [0.2, 0.25) is 0 Å². The van der Waals surface area contributed by atoms with E-state index in [0.29, 0.717) is 17.1 Å². The lowest BCUT2D eigenvalue weighted by Crippen LogP contribution is -2.13. The third kappa shape index (κ3) is 3.50. The van der Waals surface area contributed by atoms with Crippen LogP contribution in [0.25, 0.3) is 0 Å². The van der Waals surface area contributed by atoms with Crippen LogP contribution in [0.4, 0.5) is 22.7 Å². The molecule has 7 heteroatoms. The van der Waals surface area contributed by atoms with Crippen LogP contribution in [0.5, 0.6) is 0 Å². The van der Waals surface area contributed by atoms with Crippen molar-refractivity contribution >= 4 is 28.7 Å². The van der Waals surface area contributed by atoms with Gasteiger partial charge in [0.05, 0.1) is 16.6 Å². The summed E-state index contributed by atoms with van der Waals surface area (Å²) in [6.07, 6.45) is 1.88. The molecule has 120 valence electrons. The number of carbonyl (C=O) groups is 1. The Balaban J connectivity index is 1.75. The van der Waals surface area contributed by atoms with Crippen molar-refractivity contribution in [3.05, 3.63) is 58.1 Å². The number of anilines is 3. The number of nitrogens with one attached hydrogen (secondary N) is 2. The third-order valence-electron chi connectivity index (χ3n) is 3.70. The molecule has 1 aliphatic carbocycles. The number of nitro benzene ring substituents is 1. The second-order valence-corrected chi connectivity index (χ2v) is 5.57. The molecule has 3 rings (SSSR count). The quantitative estimate of drug-likeness (QED) is 0.646. The summed E-state index contributed by atoms with van der Waals surface area (Å²) in [7, 11) is 0. The Bertz CT molecular complexity index is 836. The maximum absolute atomic E-state index is 11.7. The van der Waals surface area contributed by atoms with E-state index in [0.717, 1.165) is 12.8 Å². The summed E-state index contributed by atoms with van der Waals surface area (Å²) in [4.78, 5) is 22.3. The highest BCUT2D eigenvalue weighted by molar-refractivity contribution is 5.94. The lowest BCUT2D eigenvalue weighted by Gasteiger charge is -2.09. The molecule has 0 heterocycles. The fourth-order valence-electron chi connectivity index (χ4n) is 2.24. The van der Waals surface area contributed by atoms with Gasteiger partial charge in [-0.3, -0.25) is 14.9 Å². The Morgan fingerprint density at radius 1 is 1.17 bits per heavy atom. The molecular formula is C17H14N4O3. The van der Waals surface area contributed by atoms with Gasteiger partial charge in [0.1, 0.15) is 5.69 Å². The summed E-state index contributed by atoms with van der Waals surface area (Å²) < 4.78 is 0. The predicted octanol–water partition coefficient (Wildman–Crippen LogP) is 3.56. The van der Waals surface area contributed by atoms with Crippen LogP contribution in [-0.4, -0.2) is 10.8 Å². The molecule has 0 atom stereocenters. The van der Waals surface area contributed by atoms with E-state index in [4.69, 9.17) is 5.26 Å². The summed E-state index contributed by atoms with van der Waals surface area (Å²) in [5, 5.41) is 25.8. The van der Waals surface area contributed by atoms with Crippen molar-refractivity contribution in [2.75, 3.05) is 10.6 Å². The molecule has 24 heavy (non-hydrogen) atoms. The molecule has 0 aliphatic heterocycles. The SMILES string of the molecule is N#Cc1ccc(Nc2ccc(NC(=O)C3CC3)cc2)c([N+](=O)[O-])c1. The number of hydrogen-bond donors (Lipinski definition) is 2. The van der Waals surface area contributed by atoms with E-state index in [9.17, 15) is 14.9 Å². The van der Waals surface area contributed by atoms with Crippen molar-refractivity contribution in [1.29, 1.82) is 5.26 Å². The van der Waals surface area contributed by atoms with E-state index in [1.54, 1.807) is 24.3 Å². The number of hydrogen-bond acceptors (Lipinski definition) is 5. The normalized spacial score (nSPS) is 13.0. The predicted molar refractivity (Wildman–Crippen MR) is 88.9 cm³/mol. The Kier molecular flexibility index (Phi) is 4.12.